The smallest absolute Gasteiger partial charge is 0.240 e. The molecule has 108 valence electrons. The number of hydrogen-bond acceptors (Lipinski definition) is 4. The highest BCUT2D eigenvalue weighted by atomic mass is 35.5. The van der Waals surface area contributed by atoms with E-state index in [1.165, 1.54) is 6.07 Å². The minimum atomic E-state index is -0.364. The minimum Gasteiger partial charge on any atom is -0.338 e. The van der Waals surface area contributed by atoms with Gasteiger partial charge in [-0.25, -0.2) is 4.39 Å². The zero-order valence-electron chi connectivity index (χ0n) is 11.7. The van der Waals surface area contributed by atoms with Crippen molar-refractivity contribution in [2.45, 2.75) is 39.3 Å². The first-order valence-corrected chi connectivity index (χ1v) is 6.72. The van der Waals surface area contributed by atoms with E-state index in [2.05, 4.69) is 15.5 Å². The number of halogens is 2. The fourth-order valence-electron chi connectivity index (χ4n) is 1.63. The van der Waals surface area contributed by atoms with Crippen LogP contribution in [0.15, 0.2) is 22.7 Å². The average Bonchev–Trinajstić information content (AvgIpc) is 2.79. The molecule has 1 heterocycles. The van der Waals surface area contributed by atoms with Gasteiger partial charge in [-0.3, -0.25) is 0 Å². The lowest BCUT2D eigenvalue weighted by molar-refractivity contribution is 0.334. The molecule has 20 heavy (non-hydrogen) atoms. The third kappa shape index (κ3) is 4.02. The molecule has 4 nitrogen and oxygen atoms in total. The van der Waals surface area contributed by atoms with Gasteiger partial charge in [0.15, 0.2) is 5.82 Å². The van der Waals surface area contributed by atoms with Crippen LogP contribution in [0.25, 0.3) is 0 Å². The van der Waals surface area contributed by atoms with E-state index >= 15 is 0 Å². The first kappa shape index (κ1) is 14.9. The van der Waals surface area contributed by atoms with E-state index in [1.54, 1.807) is 12.1 Å². The summed E-state index contributed by atoms with van der Waals surface area (Å²) in [6.07, 6.45) is 0.213. The second-order valence-corrected chi connectivity index (χ2v) is 5.99. The molecule has 0 bridgehead atoms. The third-order valence-corrected chi connectivity index (χ3v) is 3.03. The second-order valence-electron chi connectivity index (χ2n) is 5.58. The van der Waals surface area contributed by atoms with Gasteiger partial charge in [0.2, 0.25) is 5.89 Å². The zero-order valence-corrected chi connectivity index (χ0v) is 12.5. The van der Waals surface area contributed by atoms with Crippen LogP contribution in [0.1, 0.15) is 38.0 Å². The Morgan fingerprint density at radius 1 is 1.35 bits per heavy atom. The number of hydrogen-bond donors (Lipinski definition) is 1. The topological polar surface area (TPSA) is 51.0 Å². The van der Waals surface area contributed by atoms with Crippen LogP contribution in [0.2, 0.25) is 5.02 Å². The summed E-state index contributed by atoms with van der Waals surface area (Å²) in [6, 6.07) is 4.57. The van der Waals surface area contributed by atoms with E-state index in [0.717, 1.165) is 0 Å². The quantitative estimate of drug-likeness (QED) is 0.940. The molecule has 1 aromatic carbocycles. The summed E-state index contributed by atoms with van der Waals surface area (Å²) < 4.78 is 18.8. The maximum absolute atomic E-state index is 13.7. The Morgan fingerprint density at radius 2 is 2.10 bits per heavy atom. The predicted octanol–water partition coefficient (Wildman–Crippen LogP) is 3.34. The fraction of sp³-hybridized carbons (Fsp3) is 0.429. The summed E-state index contributed by atoms with van der Waals surface area (Å²) in [5, 5.41) is 7.45. The van der Waals surface area contributed by atoms with Crippen molar-refractivity contribution in [2.24, 2.45) is 0 Å². The van der Waals surface area contributed by atoms with Gasteiger partial charge in [0.25, 0.3) is 0 Å². The van der Waals surface area contributed by atoms with E-state index in [4.69, 9.17) is 16.1 Å². The summed E-state index contributed by atoms with van der Waals surface area (Å²) in [7, 11) is 0. The number of nitrogens with one attached hydrogen (secondary N) is 1. The zero-order chi connectivity index (χ0) is 14.8. The van der Waals surface area contributed by atoms with Crippen molar-refractivity contribution >= 4 is 11.6 Å². The lowest BCUT2D eigenvalue weighted by Crippen LogP contribution is -2.35. The van der Waals surface area contributed by atoms with Crippen molar-refractivity contribution in [2.75, 3.05) is 0 Å². The summed E-state index contributed by atoms with van der Waals surface area (Å²) >= 11 is 5.97. The molecule has 0 fully saturated rings. The van der Waals surface area contributed by atoms with E-state index in [-0.39, 0.29) is 17.8 Å². The molecule has 6 heteroatoms. The van der Waals surface area contributed by atoms with Gasteiger partial charge >= 0.3 is 0 Å². The predicted molar refractivity (Wildman–Crippen MR) is 75.1 cm³/mol. The molecule has 0 radical (unpaired) electrons. The molecule has 1 aromatic heterocycles. The highest BCUT2D eigenvalue weighted by Crippen LogP contribution is 2.21. The Labute approximate surface area is 122 Å². The van der Waals surface area contributed by atoms with Gasteiger partial charge < -0.3 is 9.84 Å². The lowest BCUT2D eigenvalue weighted by Gasteiger charge is -2.18. The molecule has 0 aliphatic rings. The standard InChI is InChI=1S/C14H17ClFN3O/c1-14(2,3)17-8-13-18-12(19-20-13)7-9-10(15)5-4-6-11(9)16/h4-6,17H,7-8H2,1-3H3. The van der Waals surface area contributed by atoms with Crippen LogP contribution in [0, 0.1) is 5.82 Å². The molecule has 0 aliphatic heterocycles. The van der Waals surface area contributed by atoms with Gasteiger partial charge in [0.05, 0.1) is 6.54 Å². The molecule has 0 atom stereocenters. The summed E-state index contributed by atoms with van der Waals surface area (Å²) in [4.78, 5) is 4.23. The highest BCUT2D eigenvalue weighted by molar-refractivity contribution is 6.31. The van der Waals surface area contributed by atoms with Crippen LogP contribution in [0.3, 0.4) is 0 Å². The Hall–Kier alpha value is -1.46. The van der Waals surface area contributed by atoms with Crippen LogP contribution in [-0.4, -0.2) is 15.7 Å². The van der Waals surface area contributed by atoms with Crippen molar-refractivity contribution < 1.29 is 8.91 Å². The fourth-order valence-corrected chi connectivity index (χ4v) is 1.86. The van der Waals surface area contributed by atoms with Gasteiger partial charge in [-0.2, -0.15) is 4.98 Å². The summed E-state index contributed by atoms with van der Waals surface area (Å²) in [6.45, 7) is 6.61. The molecule has 0 aliphatic carbocycles. The maximum Gasteiger partial charge on any atom is 0.240 e. The molecule has 0 saturated carbocycles. The van der Waals surface area contributed by atoms with Crippen LogP contribution in [-0.2, 0) is 13.0 Å². The normalized spacial score (nSPS) is 11.8. The van der Waals surface area contributed by atoms with Crippen molar-refractivity contribution in [3.05, 3.63) is 46.3 Å². The molecular weight excluding hydrogens is 281 g/mol. The molecule has 2 aromatic rings. The van der Waals surface area contributed by atoms with Crippen molar-refractivity contribution in [1.29, 1.82) is 0 Å². The van der Waals surface area contributed by atoms with E-state index in [1.807, 2.05) is 20.8 Å². The SMILES string of the molecule is CC(C)(C)NCc1nc(Cc2c(F)cccc2Cl)no1. The largest absolute Gasteiger partial charge is 0.338 e. The van der Waals surface area contributed by atoms with Crippen molar-refractivity contribution in [1.82, 2.24) is 15.5 Å². The van der Waals surface area contributed by atoms with Crippen LogP contribution in [0.5, 0.6) is 0 Å². The summed E-state index contributed by atoms with van der Waals surface area (Å²) in [5.74, 6) is 0.529. The van der Waals surface area contributed by atoms with E-state index in [9.17, 15) is 4.39 Å². The van der Waals surface area contributed by atoms with Crippen molar-refractivity contribution in [3.8, 4) is 0 Å². The van der Waals surface area contributed by atoms with Crippen molar-refractivity contribution in [3.63, 3.8) is 0 Å². The Bertz CT molecular complexity index is 572. The number of nitrogens with zero attached hydrogens (tertiary/aromatic N) is 2. The number of benzene rings is 1. The molecule has 0 amide bonds. The molecule has 2 rings (SSSR count). The number of aromatic nitrogens is 2. The van der Waals surface area contributed by atoms with Crippen LogP contribution >= 0.6 is 11.6 Å². The first-order valence-electron chi connectivity index (χ1n) is 6.34. The third-order valence-electron chi connectivity index (χ3n) is 2.68. The minimum absolute atomic E-state index is 0.0382. The molecule has 0 spiro atoms. The Kier molecular flexibility index (Phi) is 4.40. The van der Waals surface area contributed by atoms with Gasteiger partial charge in [0.1, 0.15) is 5.82 Å². The van der Waals surface area contributed by atoms with E-state index in [0.29, 0.717) is 28.8 Å². The first-order chi connectivity index (χ1) is 9.35. The van der Waals surface area contributed by atoms with Gasteiger partial charge in [-0.05, 0) is 32.9 Å². The van der Waals surface area contributed by atoms with Crippen LogP contribution < -0.4 is 5.32 Å². The highest BCUT2D eigenvalue weighted by Gasteiger charge is 2.14. The number of rotatable bonds is 4. The van der Waals surface area contributed by atoms with Gasteiger partial charge in [-0.1, -0.05) is 22.8 Å². The molecular formula is C14H17ClFN3O. The Balaban J connectivity index is 2.06. The van der Waals surface area contributed by atoms with Crippen LogP contribution in [0.4, 0.5) is 4.39 Å². The van der Waals surface area contributed by atoms with E-state index < -0.39 is 0 Å². The lowest BCUT2D eigenvalue weighted by atomic mass is 10.1. The van der Waals surface area contributed by atoms with Gasteiger partial charge in [0, 0.05) is 22.5 Å². The second kappa shape index (κ2) is 5.89. The maximum atomic E-state index is 13.7. The molecule has 1 N–H and O–H groups in total. The summed E-state index contributed by atoms with van der Waals surface area (Å²) in [5.41, 5.74) is 0.342. The molecule has 0 saturated heterocycles. The monoisotopic (exact) mass is 297 g/mol. The van der Waals surface area contributed by atoms with Gasteiger partial charge in [-0.15, -0.1) is 0 Å². The molecule has 0 unspecified atom stereocenters. The Morgan fingerprint density at radius 3 is 2.75 bits per heavy atom. The average molecular weight is 298 g/mol.